The molecule has 0 unspecified atom stereocenters. The van der Waals surface area contributed by atoms with Crippen LogP contribution in [0.2, 0.25) is 0 Å². The van der Waals surface area contributed by atoms with Crippen LogP contribution >= 0.6 is 12.4 Å². The fraction of sp³-hybridized carbons (Fsp3) is 0.400. The van der Waals surface area contributed by atoms with Crippen molar-refractivity contribution in [2.45, 2.75) is 26.5 Å². The third-order valence-electron chi connectivity index (χ3n) is 3.80. The Morgan fingerprint density at radius 3 is 2.44 bits per heavy atom. The quantitative estimate of drug-likeness (QED) is 0.642. The first-order chi connectivity index (χ1) is 11.7. The molecule has 0 saturated carbocycles. The van der Waals surface area contributed by atoms with E-state index in [1.165, 1.54) is 5.56 Å². The number of para-hydroxylation sites is 1. The summed E-state index contributed by atoms with van der Waals surface area (Å²) in [6.45, 7) is 5.02. The molecule has 2 rings (SSSR count). The lowest BCUT2D eigenvalue weighted by Gasteiger charge is -2.16. The molecule has 0 heterocycles. The summed E-state index contributed by atoms with van der Waals surface area (Å²) in [7, 11) is 3.39. The van der Waals surface area contributed by atoms with Gasteiger partial charge in [0.2, 0.25) is 0 Å². The maximum atomic E-state index is 6.07. The summed E-state index contributed by atoms with van der Waals surface area (Å²) in [5, 5.41) is 3.42. The maximum Gasteiger partial charge on any atom is 0.166 e. The molecule has 0 aromatic heterocycles. The van der Waals surface area contributed by atoms with Gasteiger partial charge in [0, 0.05) is 25.8 Å². The second-order valence-electron chi connectivity index (χ2n) is 5.75. The minimum absolute atomic E-state index is 0. The summed E-state index contributed by atoms with van der Waals surface area (Å²) in [5.41, 5.74) is 3.49. The highest BCUT2D eigenvalue weighted by molar-refractivity contribution is 5.85. The van der Waals surface area contributed by atoms with Gasteiger partial charge in [-0.25, -0.2) is 0 Å². The molecule has 0 bridgehead atoms. The standard InChI is InChI=1S/C20H27NO3.ClH/c1-16-8-10-17(11-9-16)15-24-20-18(6-4-7-19(20)23-3)14-21-12-5-13-22-2;/h4,6-11,21H,5,12-15H2,1-3H3;1H. The Kier molecular flexibility index (Phi) is 10.0. The predicted molar refractivity (Wildman–Crippen MR) is 104 cm³/mol. The van der Waals surface area contributed by atoms with Gasteiger partial charge in [0.15, 0.2) is 11.5 Å². The Balaban J connectivity index is 0.00000312. The van der Waals surface area contributed by atoms with Crippen molar-refractivity contribution < 1.29 is 14.2 Å². The summed E-state index contributed by atoms with van der Waals surface area (Å²) < 4.78 is 16.6. The van der Waals surface area contributed by atoms with Crippen molar-refractivity contribution in [3.8, 4) is 11.5 Å². The number of rotatable bonds is 10. The van der Waals surface area contributed by atoms with Crippen molar-refractivity contribution >= 4 is 12.4 Å². The molecule has 4 nitrogen and oxygen atoms in total. The summed E-state index contributed by atoms with van der Waals surface area (Å²) >= 11 is 0. The fourth-order valence-corrected chi connectivity index (χ4v) is 2.43. The third kappa shape index (κ3) is 6.94. The molecular formula is C20H28ClNO3. The number of methoxy groups -OCH3 is 2. The number of halogens is 1. The van der Waals surface area contributed by atoms with Gasteiger partial charge in [-0.15, -0.1) is 12.4 Å². The van der Waals surface area contributed by atoms with E-state index in [4.69, 9.17) is 14.2 Å². The number of aryl methyl sites for hydroxylation is 1. The van der Waals surface area contributed by atoms with Gasteiger partial charge in [0.05, 0.1) is 7.11 Å². The van der Waals surface area contributed by atoms with Crippen LogP contribution in [-0.4, -0.2) is 27.4 Å². The lowest BCUT2D eigenvalue weighted by Crippen LogP contribution is -2.17. The van der Waals surface area contributed by atoms with E-state index in [1.807, 2.05) is 12.1 Å². The molecule has 0 aliphatic carbocycles. The van der Waals surface area contributed by atoms with Crippen molar-refractivity contribution in [3.05, 3.63) is 59.2 Å². The van der Waals surface area contributed by atoms with E-state index in [1.54, 1.807) is 14.2 Å². The Hall–Kier alpha value is -1.75. The van der Waals surface area contributed by atoms with Gasteiger partial charge in [0.25, 0.3) is 0 Å². The van der Waals surface area contributed by atoms with Gasteiger partial charge >= 0.3 is 0 Å². The zero-order valence-corrected chi connectivity index (χ0v) is 16.0. The van der Waals surface area contributed by atoms with Crippen molar-refractivity contribution in [2.24, 2.45) is 0 Å². The molecular weight excluding hydrogens is 338 g/mol. The highest BCUT2D eigenvalue weighted by Gasteiger charge is 2.10. The topological polar surface area (TPSA) is 39.7 Å². The number of hydrogen-bond acceptors (Lipinski definition) is 4. The van der Waals surface area contributed by atoms with Crippen LogP contribution in [-0.2, 0) is 17.9 Å². The van der Waals surface area contributed by atoms with Crippen LogP contribution < -0.4 is 14.8 Å². The molecule has 0 radical (unpaired) electrons. The SMILES string of the molecule is COCCCNCc1cccc(OC)c1OCc1ccc(C)cc1.Cl. The van der Waals surface area contributed by atoms with Crippen molar-refractivity contribution in [2.75, 3.05) is 27.4 Å². The van der Waals surface area contributed by atoms with Gasteiger partial charge in [-0.05, 0) is 31.5 Å². The van der Waals surface area contributed by atoms with Crippen molar-refractivity contribution in [1.29, 1.82) is 0 Å². The fourth-order valence-electron chi connectivity index (χ4n) is 2.43. The highest BCUT2D eigenvalue weighted by atomic mass is 35.5. The van der Waals surface area contributed by atoms with Gasteiger partial charge in [-0.2, -0.15) is 0 Å². The molecule has 5 heteroatoms. The molecule has 1 N–H and O–H groups in total. The van der Waals surface area contributed by atoms with Gasteiger partial charge in [-0.3, -0.25) is 0 Å². The summed E-state index contributed by atoms with van der Waals surface area (Å²) in [5.74, 6) is 1.57. The molecule has 0 spiro atoms. The van der Waals surface area contributed by atoms with Crippen LogP contribution in [0.3, 0.4) is 0 Å². The van der Waals surface area contributed by atoms with Crippen molar-refractivity contribution in [1.82, 2.24) is 5.32 Å². The first kappa shape index (κ1) is 21.3. The molecule has 138 valence electrons. The molecule has 0 atom stereocenters. The zero-order valence-electron chi connectivity index (χ0n) is 15.2. The van der Waals surface area contributed by atoms with Gasteiger partial charge < -0.3 is 19.5 Å². The predicted octanol–water partition coefficient (Wildman–Crippen LogP) is 4.13. The lowest BCUT2D eigenvalue weighted by atomic mass is 10.1. The van der Waals surface area contributed by atoms with E-state index in [0.717, 1.165) is 48.7 Å². The summed E-state index contributed by atoms with van der Waals surface area (Å²) in [6.07, 6.45) is 0.986. The lowest BCUT2D eigenvalue weighted by molar-refractivity contribution is 0.194. The Bertz CT molecular complexity index is 617. The molecule has 0 aliphatic heterocycles. The highest BCUT2D eigenvalue weighted by Crippen LogP contribution is 2.31. The Morgan fingerprint density at radius 2 is 1.76 bits per heavy atom. The average Bonchev–Trinajstić information content (AvgIpc) is 2.61. The number of benzene rings is 2. The van der Waals surface area contributed by atoms with Crippen LogP contribution in [0, 0.1) is 6.92 Å². The second kappa shape index (κ2) is 11.7. The number of ether oxygens (including phenoxy) is 3. The van der Waals surface area contributed by atoms with Gasteiger partial charge in [-0.1, -0.05) is 42.0 Å². The van der Waals surface area contributed by atoms with Gasteiger partial charge in [0.1, 0.15) is 6.61 Å². The van der Waals surface area contributed by atoms with E-state index < -0.39 is 0 Å². The van der Waals surface area contributed by atoms with Crippen LogP contribution in [0.4, 0.5) is 0 Å². The van der Waals surface area contributed by atoms with E-state index in [0.29, 0.717) is 6.61 Å². The largest absolute Gasteiger partial charge is 0.493 e. The molecule has 0 aliphatic rings. The van der Waals surface area contributed by atoms with E-state index in [9.17, 15) is 0 Å². The number of nitrogens with one attached hydrogen (secondary N) is 1. The average molecular weight is 366 g/mol. The molecule has 2 aromatic rings. The van der Waals surface area contributed by atoms with Crippen LogP contribution in [0.25, 0.3) is 0 Å². The molecule has 0 saturated heterocycles. The minimum Gasteiger partial charge on any atom is -0.493 e. The van der Waals surface area contributed by atoms with E-state index in [-0.39, 0.29) is 12.4 Å². The smallest absolute Gasteiger partial charge is 0.166 e. The second-order valence-corrected chi connectivity index (χ2v) is 5.75. The van der Waals surface area contributed by atoms with Crippen LogP contribution in [0.1, 0.15) is 23.1 Å². The molecule has 2 aromatic carbocycles. The van der Waals surface area contributed by atoms with E-state index in [2.05, 4.69) is 42.6 Å². The third-order valence-corrected chi connectivity index (χ3v) is 3.80. The minimum atomic E-state index is 0. The molecule has 25 heavy (non-hydrogen) atoms. The molecule has 0 fully saturated rings. The van der Waals surface area contributed by atoms with E-state index >= 15 is 0 Å². The Morgan fingerprint density at radius 1 is 1.00 bits per heavy atom. The van der Waals surface area contributed by atoms with Crippen LogP contribution in [0.5, 0.6) is 11.5 Å². The number of hydrogen-bond donors (Lipinski definition) is 1. The normalized spacial score (nSPS) is 10.2. The summed E-state index contributed by atoms with van der Waals surface area (Å²) in [6, 6.07) is 14.4. The van der Waals surface area contributed by atoms with Crippen LogP contribution in [0.15, 0.2) is 42.5 Å². The maximum absolute atomic E-state index is 6.07. The summed E-state index contributed by atoms with van der Waals surface area (Å²) in [4.78, 5) is 0. The monoisotopic (exact) mass is 365 g/mol. The molecule has 0 amide bonds. The Labute approximate surface area is 156 Å². The zero-order chi connectivity index (χ0) is 17.2. The van der Waals surface area contributed by atoms with Crippen molar-refractivity contribution in [3.63, 3.8) is 0 Å². The first-order valence-corrected chi connectivity index (χ1v) is 8.28. The first-order valence-electron chi connectivity index (χ1n) is 8.28.